The third-order valence-corrected chi connectivity index (χ3v) is 2.72. The van der Waals surface area contributed by atoms with Gasteiger partial charge in [-0.1, -0.05) is 20.8 Å². The summed E-state index contributed by atoms with van der Waals surface area (Å²) in [5, 5.41) is 0. The number of hydrogen-bond donors (Lipinski definition) is 0. The highest BCUT2D eigenvalue weighted by Crippen LogP contribution is 2.42. The lowest BCUT2D eigenvalue weighted by molar-refractivity contribution is -0.143. The second-order valence-corrected chi connectivity index (χ2v) is 5.46. The molecule has 0 heterocycles. The molecule has 0 amide bonds. The summed E-state index contributed by atoms with van der Waals surface area (Å²) >= 11 is 0. The Labute approximate surface area is 107 Å². The van der Waals surface area contributed by atoms with Crippen LogP contribution in [-0.2, 0) is 17.8 Å². The highest BCUT2D eigenvalue weighted by atomic mass is 19.4. The monoisotopic (exact) mass is 284 g/mol. The van der Waals surface area contributed by atoms with E-state index in [0.717, 1.165) is 6.07 Å². The SMILES string of the molecule is Cc1cc(C(F)(F)F)cc(C(F)(F)F)c1C(C)(C)C. The molecule has 0 aliphatic heterocycles. The Morgan fingerprint density at radius 1 is 0.789 bits per heavy atom. The first-order valence-electron chi connectivity index (χ1n) is 5.54. The van der Waals surface area contributed by atoms with Crippen molar-refractivity contribution in [3.8, 4) is 0 Å². The van der Waals surface area contributed by atoms with Crippen LogP contribution < -0.4 is 0 Å². The van der Waals surface area contributed by atoms with E-state index in [2.05, 4.69) is 0 Å². The van der Waals surface area contributed by atoms with Crippen molar-refractivity contribution in [1.29, 1.82) is 0 Å². The lowest BCUT2D eigenvalue weighted by Gasteiger charge is -2.27. The quantitative estimate of drug-likeness (QED) is 0.565. The van der Waals surface area contributed by atoms with Gasteiger partial charge in [-0.05, 0) is 35.6 Å². The molecule has 0 atom stereocenters. The van der Waals surface area contributed by atoms with Gasteiger partial charge in [0, 0.05) is 0 Å². The topological polar surface area (TPSA) is 0 Å². The fourth-order valence-corrected chi connectivity index (χ4v) is 2.17. The number of benzene rings is 1. The number of halogens is 6. The largest absolute Gasteiger partial charge is 0.416 e. The van der Waals surface area contributed by atoms with E-state index < -0.39 is 28.9 Å². The van der Waals surface area contributed by atoms with Crippen LogP contribution in [0.1, 0.15) is 43.0 Å². The van der Waals surface area contributed by atoms with Gasteiger partial charge in [-0.3, -0.25) is 0 Å². The molecule has 1 aromatic rings. The molecule has 1 rings (SSSR count). The molecule has 0 aliphatic carbocycles. The minimum absolute atomic E-state index is 0.00495. The first-order valence-corrected chi connectivity index (χ1v) is 5.54. The predicted octanol–water partition coefficient (Wildman–Crippen LogP) is 5.33. The summed E-state index contributed by atoms with van der Waals surface area (Å²) in [4.78, 5) is 0. The zero-order valence-electron chi connectivity index (χ0n) is 10.9. The van der Waals surface area contributed by atoms with Crippen LogP contribution in [0.25, 0.3) is 0 Å². The number of aryl methyl sites for hydroxylation is 1. The lowest BCUT2D eigenvalue weighted by atomic mass is 9.80. The maximum Gasteiger partial charge on any atom is 0.416 e. The van der Waals surface area contributed by atoms with Crippen molar-refractivity contribution in [3.05, 3.63) is 34.4 Å². The predicted molar refractivity (Wildman–Crippen MR) is 59.9 cm³/mol. The molecular weight excluding hydrogens is 270 g/mol. The molecule has 0 N–H and O–H groups in total. The van der Waals surface area contributed by atoms with E-state index in [-0.39, 0.29) is 17.2 Å². The van der Waals surface area contributed by atoms with Crippen LogP contribution in [0.2, 0.25) is 0 Å². The van der Waals surface area contributed by atoms with E-state index in [1.807, 2.05) is 0 Å². The highest BCUT2D eigenvalue weighted by Gasteiger charge is 2.41. The zero-order valence-corrected chi connectivity index (χ0v) is 10.9. The summed E-state index contributed by atoms with van der Waals surface area (Å²) < 4.78 is 76.7. The van der Waals surface area contributed by atoms with Crippen LogP contribution in [0.3, 0.4) is 0 Å². The fraction of sp³-hybridized carbons (Fsp3) is 0.538. The van der Waals surface area contributed by atoms with E-state index in [1.165, 1.54) is 27.7 Å². The minimum atomic E-state index is -4.81. The minimum Gasteiger partial charge on any atom is -0.166 e. The van der Waals surface area contributed by atoms with Gasteiger partial charge in [-0.2, -0.15) is 26.3 Å². The molecule has 6 heteroatoms. The Hall–Kier alpha value is -1.20. The normalized spacial score (nSPS) is 13.8. The molecule has 0 saturated carbocycles. The Morgan fingerprint density at radius 2 is 1.26 bits per heavy atom. The van der Waals surface area contributed by atoms with Crippen molar-refractivity contribution < 1.29 is 26.3 Å². The molecule has 0 fully saturated rings. The second-order valence-electron chi connectivity index (χ2n) is 5.46. The average Bonchev–Trinajstić information content (AvgIpc) is 2.11. The highest BCUT2D eigenvalue weighted by molar-refractivity contribution is 5.45. The van der Waals surface area contributed by atoms with Crippen molar-refractivity contribution in [2.24, 2.45) is 0 Å². The van der Waals surface area contributed by atoms with Gasteiger partial charge in [0.25, 0.3) is 0 Å². The van der Waals surface area contributed by atoms with Gasteiger partial charge in [0.1, 0.15) is 0 Å². The van der Waals surface area contributed by atoms with Crippen LogP contribution in [0.5, 0.6) is 0 Å². The summed E-state index contributed by atoms with van der Waals surface area (Å²) in [5.41, 5.74) is -3.49. The third kappa shape index (κ3) is 3.42. The number of hydrogen-bond acceptors (Lipinski definition) is 0. The molecule has 0 aliphatic rings. The lowest BCUT2D eigenvalue weighted by Crippen LogP contribution is -2.22. The third-order valence-electron chi connectivity index (χ3n) is 2.72. The van der Waals surface area contributed by atoms with E-state index in [4.69, 9.17) is 0 Å². The van der Waals surface area contributed by atoms with Gasteiger partial charge in [0.2, 0.25) is 0 Å². The summed E-state index contributed by atoms with van der Waals surface area (Å²) in [7, 11) is 0. The van der Waals surface area contributed by atoms with E-state index in [1.54, 1.807) is 0 Å². The maximum atomic E-state index is 13.0. The summed E-state index contributed by atoms with van der Waals surface area (Å²) in [5.74, 6) is 0. The molecule has 0 nitrogen and oxygen atoms in total. The van der Waals surface area contributed by atoms with Crippen LogP contribution in [0.4, 0.5) is 26.3 Å². The zero-order chi connectivity index (χ0) is 15.2. The van der Waals surface area contributed by atoms with Crippen LogP contribution in [-0.4, -0.2) is 0 Å². The van der Waals surface area contributed by atoms with E-state index >= 15 is 0 Å². The Kier molecular flexibility index (Phi) is 3.69. The number of rotatable bonds is 0. The second kappa shape index (κ2) is 4.42. The van der Waals surface area contributed by atoms with Crippen molar-refractivity contribution >= 4 is 0 Å². The van der Waals surface area contributed by atoms with Gasteiger partial charge in [0.05, 0.1) is 11.1 Å². The molecule has 19 heavy (non-hydrogen) atoms. The maximum absolute atomic E-state index is 13.0. The number of alkyl halides is 6. The Morgan fingerprint density at radius 3 is 1.58 bits per heavy atom. The van der Waals surface area contributed by atoms with Crippen molar-refractivity contribution in [2.75, 3.05) is 0 Å². The van der Waals surface area contributed by atoms with Gasteiger partial charge in [0.15, 0.2) is 0 Å². The van der Waals surface area contributed by atoms with E-state index in [0.29, 0.717) is 0 Å². The molecule has 0 unspecified atom stereocenters. The molecule has 108 valence electrons. The first-order chi connectivity index (χ1) is 8.24. The van der Waals surface area contributed by atoms with Crippen molar-refractivity contribution in [1.82, 2.24) is 0 Å². The molecule has 0 bridgehead atoms. The van der Waals surface area contributed by atoms with Crippen LogP contribution in [0.15, 0.2) is 12.1 Å². The van der Waals surface area contributed by atoms with Gasteiger partial charge < -0.3 is 0 Å². The van der Waals surface area contributed by atoms with Crippen molar-refractivity contribution in [3.63, 3.8) is 0 Å². The molecular formula is C13H14F6. The fourth-order valence-electron chi connectivity index (χ4n) is 2.17. The molecule has 0 radical (unpaired) electrons. The average molecular weight is 284 g/mol. The molecule has 0 spiro atoms. The molecule has 0 aromatic heterocycles. The summed E-state index contributed by atoms with van der Waals surface area (Å²) in [6, 6.07) is 0.948. The van der Waals surface area contributed by atoms with E-state index in [9.17, 15) is 26.3 Å². The first kappa shape index (κ1) is 15.9. The summed E-state index contributed by atoms with van der Waals surface area (Å²) in [6.45, 7) is 5.89. The summed E-state index contributed by atoms with van der Waals surface area (Å²) in [6.07, 6.45) is -9.60. The van der Waals surface area contributed by atoms with Gasteiger partial charge in [-0.25, -0.2) is 0 Å². The van der Waals surface area contributed by atoms with Gasteiger partial charge >= 0.3 is 12.4 Å². The Balaban J connectivity index is 3.68. The van der Waals surface area contributed by atoms with Gasteiger partial charge in [-0.15, -0.1) is 0 Å². The standard InChI is InChI=1S/C13H14F6/c1-7-5-8(12(14,15)16)6-9(13(17,18)19)10(7)11(2,3)4/h5-6H,1-4H3. The molecule has 0 saturated heterocycles. The molecule has 1 aromatic carbocycles. The van der Waals surface area contributed by atoms with Crippen molar-refractivity contribution in [2.45, 2.75) is 45.5 Å². The van der Waals surface area contributed by atoms with Crippen LogP contribution >= 0.6 is 0 Å². The Bertz CT molecular complexity index is 474. The smallest absolute Gasteiger partial charge is 0.166 e. The van der Waals surface area contributed by atoms with Crippen LogP contribution in [0, 0.1) is 6.92 Å².